The number of nitrogens with zero attached hydrogens (tertiary/aromatic N) is 1. The number of carbonyl (C=O) groups excluding carboxylic acids is 1. The van der Waals surface area contributed by atoms with E-state index in [0.717, 1.165) is 0 Å². The molecular weight excluding hydrogens is 222 g/mol. The van der Waals surface area contributed by atoms with Crippen LogP contribution in [0, 0.1) is 0 Å². The van der Waals surface area contributed by atoms with Crippen molar-refractivity contribution >= 4 is 33.5 Å². The van der Waals surface area contributed by atoms with Gasteiger partial charge in [-0.15, -0.1) is 0 Å². The van der Waals surface area contributed by atoms with Crippen LogP contribution in [0.4, 0.5) is 11.6 Å². The largest absolute Gasteiger partial charge is 0.384 e. The Labute approximate surface area is 78.3 Å². The van der Waals surface area contributed by atoms with Gasteiger partial charge >= 0.3 is 0 Å². The Morgan fingerprint density at radius 1 is 1.67 bits per heavy atom. The van der Waals surface area contributed by atoms with Gasteiger partial charge in [-0.2, -0.15) is 0 Å². The molecule has 0 bridgehead atoms. The number of alkyl halides is 1. The minimum absolute atomic E-state index is 0.145. The second-order valence-corrected chi connectivity index (χ2v) is 2.69. The lowest BCUT2D eigenvalue weighted by Crippen LogP contribution is -2.13. The average Bonchev–Trinajstić information content (AvgIpc) is 2.04. The number of carbonyl (C=O) groups is 1. The molecule has 0 aliphatic heterocycles. The smallest absolute Gasteiger partial charge is 0.236 e. The molecule has 1 aromatic heterocycles. The number of nitrogens with two attached hydrogens (primary N) is 1. The Morgan fingerprint density at radius 3 is 3.00 bits per heavy atom. The molecule has 0 aromatic carbocycles. The molecule has 0 radical (unpaired) electrons. The van der Waals surface area contributed by atoms with Gasteiger partial charge in [0.05, 0.1) is 5.33 Å². The molecule has 12 heavy (non-hydrogen) atoms. The summed E-state index contributed by atoms with van der Waals surface area (Å²) in [5.74, 6) is 0.718. The van der Waals surface area contributed by atoms with E-state index in [1.807, 2.05) is 0 Å². The third-order valence-electron chi connectivity index (χ3n) is 1.16. The molecule has 0 saturated carbocycles. The molecule has 0 atom stereocenters. The van der Waals surface area contributed by atoms with Gasteiger partial charge in [-0.3, -0.25) is 4.79 Å². The zero-order valence-corrected chi connectivity index (χ0v) is 7.84. The Kier molecular flexibility index (Phi) is 3.04. The summed E-state index contributed by atoms with van der Waals surface area (Å²) in [6.07, 6.45) is 0. The fourth-order valence-corrected chi connectivity index (χ4v) is 0.838. The van der Waals surface area contributed by atoms with Gasteiger partial charge in [0, 0.05) is 0 Å². The van der Waals surface area contributed by atoms with Gasteiger partial charge in [-0.05, 0) is 12.1 Å². The number of hydrogen-bond donors (Lipinski definition) is 2. The number of nitrogen functional groups attached to an aromatic ring is 1. The number of halogens is 1. The quantitative estimate of drug-likeness (QED) is 0.744. The van der Waals surface area contributed by atoms with Crippen molar-refractivity contribution in [2.75, 3.05) is 16.4 Å². The number of anilines is 2. The van der Waals surface area contributed by atoms with Gasteiger partial charge in [0.2, 0.25) is 5.91 Å². The molecule has 1 heterocycles. The minimum Gasteiger partial charge on any atom is -0.384 e. The highest BCUT2D eigenvalue weighted by Crippen LogP contribution is 2.05. The van der Waals surface area contributed by atoms with Crippen LogP contribution in [0.5, 0.6) is 0 Å². The van der Waals surface area contributed by atoms with Gasteiger partial charge in [0.15, 0.2) is 0 Å². The van der Waals surface area contributed by atoms with Gasteiger partial charge in [0.25, 0.3) is 0 Å². The molecule has 0 aliphatic rings. The second kappa shape index (κ2) is 4.06. The van der Waals surface area contributed by atoms with Crippen molar-refractivity contribution in [1.29, 1.82) is 0 Å². The van der Waals surface area contributed by atoms with Crippen LogP contribution < -0.4 is 11.1 Å². The van der Waals surface area contributed by atoms with Crippen LogP contribution in [0.1, 0.15) is 0 Å². The van der Waals surface area contributed by atoms with Crippen molar-refractivity contribution in [2.24, 2.45) is 0 Å². The molecule has 0 aliphatic carbocycles. The molecule has 0 saturated heterocycles. The van der Waals surface area contributed by atoms with Crippen molar-refractivity contribution in [1.82, 2.24) is 4.98 Å². The van der Waals surface area contributed by atoms with Gasteiger partial charge in [-0.25, -0.2) is 4.98 Å². The summed E-state index contributed by atoms with van der Waals surface area (Å²) in [6.45, 7) is 0. The maximum atomic E-state index is 10.9. The standard InChI is InChI=1S/C7H8BrN3O/c8-4-7(12)11-6-3-1-2-5(9)10-6/h1-3H,4H2,(H3,9,10,11,12). The van der Waals surface area contributed by atoms with E-state index >= 15 is 0 Å². The molecule has 1 aromatic rings. The number of hydrogen-bond acceptors (Lipinski definition) is 3. The minimum atomic E-state index is -0.145. The van der Waals surface area contributed by atoms with Gasteiger partial charge < -0.3 is 11.1 Å². The molecule has 0 unspecified atom stereocenters. The third-order valence-corrected chi connectivity index (χ3v) is 1.67. The first-order chi connectivity index (χ1) is 5.72. The topological polar surface area (TPSA) is 68.0 Å². The first-order valence-corrected chi connectivity index (χ1v) is 4.43. The maximum absolute atomic E-state index is 10.9. The first-order valence-electron chi connectivity index (χ1n) is 3.30. The predicted molar refractivity (Wildman–Crippen MR) is 51.1 cm³/mol. The molecule has 5 heteroatoms. The van der Waals surface area contributed by atoms with Crippen LogP contribution in [-0.2, 0) is 4.79 Å². The van der Waals surface area contributed by atoms with Crippen molar-refractivity contribution < 1.29 is 4.79 Å². The van der Waals surface area contributed by atoms with Crippen LogP contribution in [0.2, 0.25) is 0 Å². The molecule has 1 amide bonds. The molecule has 1 rings (SSSR count). The highest BCUT2D eigenvalue weighted by atomic mass is 79.9. The molecule has 0 spiro atoms. The molecule has 3 N–H and O–H groups in total. The number of aromatic nitrogens is 1. The molecule has 0 fully saturated rings. The van der Waals surface area contributed by atoms with E-state index in [-0.39, 0.29) is 11.2 Å². The Morgan fingerprint density at radius 2 is 2.42 bits per heavy atom. The first kappa shape index (κ1) is 8.99. The summed E-state index contributed by atoms with van der Waals surface area (Å²) < 4.78 is 0. The van der Waals surface area contributed by atoms with Gasteiger partial charge in [0.1, 0.15) is 11.6 Å². The number of amides is 1. The van der Waals surface area contributed by atoms with Crippen molar-refractivity contribution in [3.8, 4) is 0 Å². The Balaban J connectivity index is 2.69. The summed E-state index contributed by atoms with van der Waals surface area (Å²) in [5.41, 5.74) is 5.40. The zero-order chi connectivity index (χ0) is 8.97. The zero-order valence-electron chi connectivity index (χ0n) is 6.25. The lowest BCUT2D eigenvalue weighted by molar-refractivity contribution is -0.113. The van der Waals surface area contributed by atoms with Crippen LogP contribution in [0.15, 0.2) is 18.2 Å². The van der Waals surface area contributed by atoms with E-state index < -0.39 is 0 Å². The number of rotatable bonds is 2. The van der Waals surface area contributed by atoms with Crippen LogP contribution in [0.25, 0.3) is 0 Å². The van der Waals surface area contributed by atoms with E-state index in [2.05, 4.69) is 26.2 Å². The monoisotopic (exact) mass is 229 g/mol. The van der Waals surface area contributed by atoms with Crippen LogP contribution in [-0.4, -0.2) is 16.2 Å². The fourth-order valence-electron chi connectivity index (χ4n) is 0.697. The van der Waals surface area contributed by atoms with E-state index in [4.69, 9.17) is 5.73 Å². The lowest BCUT2D eigenvalue weighted by Gasteiger charge is -2.01. The van der Waals surface area contributed by atoms with Gasteiger partial charge in [-0.1, -0.05) is 22.0 Å². The second-order valence-electron chi connectivity index (χ2n) is 2.13. The normalized spacial score (nSPS) is 9.42. The highest BCUT2D eigenvalue weighted by molar-refractivity contribution is 9.09. The fraction of sp³-hybridized carbons (Fsp3) is 0.143. The molecule has 4 nitrogen and oxygen atoms in total. The Bertz CT molecular complexity index is 290. The van der Waals surface area contributed by atoms with E-state index in [1.165, 1.54) is 0 Å². The number of pyridine rings is 1. The van der Waals surface area contributed by atoms with E-state index in [9.17, 15) is 4.79 Å². The predicted octanol–water partition coefficient (Wildman–Crippen LogP) is 0.997. The highest BCUT2D eigenvalue weighted by Gasteiger charge is 1.99. The van der Waals surface area contributed by atoms with E-state index in [0.29, 0.717) is 11.6 Å². The van der Waals surface area contributed by atoms with E-state index in [1.54, 1.807) is 18.2 Å². The van der Waals surface area contributed by atoms with Crippen molar-refractivity contribution in [2.45, 2.75) is 0 Å². The SMILES string of the molecule is Nc1cccc(NC(=O)CBr)n1. The molecular formula is C7H8BrN3O. The summed E-state index contributed by atoms with van der Waals surface area (Å²) >= 11 is 3.02. The summed E-state index contributed by atoms with van der Waals surface area (Å²) in [5, 5.41) is 2.81. The summed E-state index contributed by atoms with van der Waals surface area (Å²) in [4.78, 5) is 14.7. The van der Waals surface area contributed by atoms with Crippen molar-refractivity contribution in [3.63, 3.8) is 0 Å². The van der Waals surface area contributed by atoms with Crippen LogP contribution in [0.3, 0.4) is 0 Å². The lowest BCUT2D eigenvalue weighted by atomic mass is 10.4. The summed E-state index contributed by atoms with van der Waals surface area (Å²) in [6, 6.07) is 5.06. The molecule has 64 valence electrons. The maximum Gasteiger partial charge on any atom is 0.236 e. The van der Waals surface area contributed by atoms with Crippen molar-refractivity contribution in [3.05, 3.63) is 18.2 Å². The average molecular weight is 230 g/mol. The number of nitrogens with one attached hydrogen (secondary N) is 1. The Hall–Kier alpha value is -1.10. The summed E-state index contributed by atoms with van der Waals surface area (Å²) in [7, 11) is 0. The van der Waals surface area contributed by atoms with Crippen LogP contribution >= 0.6 is 15.9 Å². The third kappa shape index (κ3) is 2.50.